The molecule has 0 bridgehead atoms. The molecule has 0 aliphatic rings. The van der Waals surface area contributed by atoms with Crippen LogP contribution in [-0.2, 0) is 14.3 Å². The Labute approximate surface area is 85.4 Å². The summed E-state index contributed by atoms with van der Waals surface area (Å²) in [4.78, 5) is 10.6. The minimum Gasteiger partial charge on any atom is -0.502 e. The maximum Gasteiger partial charge on any atom is 0.330 e. The van der Waals surface area contributed by atoms with E-state index in [0.29, 0.717) is 6.61 Å². The first-order chi connectivity index (χ1) is 6.81. The third kappa shape index (κ3) is 8.84. The van der Waals surface area contributed by atoms with Gasteiger partial charge in [-0.05, 0) is 25.7 Å². The van der Waals surface area contributed by atoms with Crippen LogP contribution in [0.15, 0.2) is 25.5 Å². The second-order valence-electron chi connectivity index (χ2n) is 2.82. The molecular weight excluding hydrogens is 180 g/mol. The van der Waals surface area contributed by atoms with Crippen molar-refractivity contribution >= 4 is 5.97 Å². The predicted octanol–water partition coefficient (Wildman–Crippen LogP) is 2.44. The summed E-state index contributed by atoms with van der Waals surface area (Å²) < 4.78 is 9.78. The van der Waals surface area contributed by atoms with Crippen molar-refractivity contribution < 1.29 is 14.3 Å². The van der Waals surface area contributed by atoms with Crippen molar-refractivity contribution in [3.05, 3.63) is 25.5 Å². The highest BCUT2D eigenvalue weighted by Crippen LogP contribution is 2.00. The van der Waals surface area contributed by atoms with Gasteiger partial charge in [0.2, 0.25) is 0 Å². The van der Waals surface area contributed by atoms with E-state index < -0.39 is 0 Å². The average Bonchev–Trinajstić information content (AvgIpc) is 2.21. The van der Waals surface area contributed by atoms with E-state index in [2.05, 4.69) is 13.2 Å². The summed E-state index contributed by atoms with van der Waals surface area (Å²) in [6, 6.07) is 0. The number of rotatable bonds is 9. The monoisotopic (exact) mass is 198 g/mol. The molecule has 80 valence electrons. The lowest BCUT2D eigenvalue weighted by Gasteiger charge is -2.02. The first kappa shape index (κ1) is 12.8. The standard InChI is InChI=1S/C11H18O3/c1-3-11(12)14-10-8-6-5-7-9-13-4-2/h3-4H,1-2,5-10H2. The van der Waals surface area contributed by atoms with Gasteiger partial charge in [-0.15, -0.1) is 0 Å². The lowest BCUT2D eigenvalue weighted by Crippen LogP contribution is -2.01. The van der Waals surface area contributed by atoms with Gasteiger partial charge in [0, 0.05) is 6.08 Å². The van der Waals surface area contributed by atoms with Gasteiger partial charge < -0.3 is 9.47 Å². The normalized spacial score (nSPS) is 9.14. The van der Waals surface area contributed by atoms with E-state index in [9.17, 15) is 4.79 Å². The number of ether oxygens (including phenoxy) is 2. The largest absolute Gasteiger partial charge is 0.502 e. The van der Waals surface area contributed by atoms with Gasteiger partial charge in [-0.1, -0.05) is 13.2 Å². The third-order valence-corrected chi connectivity index (χ3v) is 1.69. The van der Waals surface area contributed by atoms with E-state index in [1.54, 1.807) is 0 Å². The van der Waals surface area contributed by atoms with Gasteiger partial charge >= 0.3 is 5.97 Å². The van der Waals surface area contributed by atoms with Crippen LogP contribution in [-0.4, -0.2) is 19.2 Å². The molecule has 0 aromatic rings. The van der Waals surface area contributed by atoms with Crippen molar-refractivity contribution in [3.63, 3.8) is 0 Å². The zero-order chi connectivity index (χ0) is 10.6. The molecule has 0 aliphatic heterocycles. The molecule has 0 saturated heterocycles. The molecule has 0 radical (unpaired) electrons. The molecule has 0 spiro atoms. The van der Waals surface area contributed by atoms with E-state index in [1.807, 2.05) is 0 Å². The second-order valence-corrected chi connectivity index (χ2v) is 2.82. The van der Waals surface area contributed by atoms with Crippen LogP contribution in [0.25, 0.3) is 0 Å². The number of unbranched alkanes of at least 4 members (excludes halogenated alkanes) is 3. The van der Waals surface area contributed by atoms with Crippen molar-refractivity contribution in [1.82, 2.24) is 0 Å². The smallest absolute Gasteiger partial charge is 0.330 e. The summed E-state index contributed by atoms with van der Waals surface area (Å²) in [6.45, 7) is 7.95. The Bertz CT molecular complexity index is 175. The van der Waals surface area contributed by atoms with E-state index in [1.165, 1.54) is 12.3 Å². The highest BCUT2D eigenvalue weighted by molar-refractivity contribution is 5.81. The van der Waals surface area contributed by atoms with Crippen LogP contribution >= 0.6 is 0 Å². The Morgan fingerprint density at radius 3 is 2.29 bits per heavy atom. The van der Waals surface area contributed by atoms with Crippen molar-refractivity contribution in [2.24, 2.45) is 0 Å². The number of carbonyl (C=O) groups is 1. The fourth-order valence-electron chi connectivity index (χ4n) is 0.956. The Kier molecular flexibility index (Phi) is 8.96. The zero-order valence-electron chi connectivity index (χ0n) is 8.54. The van der Waals surface area contributed by atoms with Crippen LogP contribution < -0.4 is 0 Å². The highest BCUT2D eigenvalue weighted by atomic mass is 16.5. The van der Waals surface area contributed by atoms with Gasteiger partial charge in [0.1, 0.15) is 0 Å². The Balaban J connectivity index is 3.02. The molecule has 0 aromatic carbocycles. The van der Waals surface area contributed by atoms with Crippen LogP contribution in [0, 0.1) is 0 Å². The predicted molar refractivity (Wildman–Crippen MR) is 55.8 cm³/mol. The van der Waals surface area contributed by atoms with E-state index >= 15 is 0 Å². The van der Waals surface area contributed by atoms with Gasteiger partial charge in [0.25, 0.3) is 0 Å². The molecule has 3 heteroatoms. The third-order valence-electron chi connectivity index (χ3n) is 1.69. The van der Waals surface area contributed by atoms with Crippen LogP contribution in [0.5, 0.6) is 0 Å². The quantitative estimate of drug-likeness (QED) is 0.247. The van der Waals surface area contributed by atoms with Gasteiger partial charge in [-0.3, -0.25) is 0 Å². The maximum atomic E-state index is 10.6. The van der Waals surface area contributed by atoms with Gasteiger partial charge in [-0.2, -0.15) is 0 Å². The highest BCUT2D eigenvalue weighted by Gasteiger charge is 1.94. The van der Waals surface area contributed by atoms with Crippen LogP contribution in [0.4, 0.5) is 0 Å². The van der Waals surface area contributed by atoms with Gasteiger partial charge in [0.05, 0.1) is 19.5 Å². The van der Waals surface area contributed by atoms with E-state index in [0.717, 1.165) is 32.3 Å². The topological polar surface area (TPSA) is 35.5 Å². The van der Waals surface area contributed by atoms with Crippen LogP contribution in [0.1, 0.15) is 25.7 Å². The molecule has 3 nitrogen and oxygen atoms in total. The summed E-state index contributed by atoms with van der Waals surface area (Å²) >= 11 is 0. The lowest BCUT2D eigenvalue weighted by atomic mass is 10.2. The van der Waals surface area contributed by atoms with E-state index in [-0.39, 0.29) is 5.97 Å². The number of hydrogen-bond acceptors (Lipinski definition) is 3. The minimum absolute atomic E-state index is 0.347. The summed E-state index contributed by atoms with van der Waals surface area (Å²) in [5.41, 5.74) is 0. The van der Waals surface area contributed by atoms with Gasteiger partial charge in [-0.25, -0.2) is 4.79 Å². The molecule has 0 fully saturated rings. The SMILES string of the molecule is C=COCCCCCCOC(=O)C=C. The molecule has 0 rings (SSSR count). The minimum atomic E-state index is -0.347. The summed E-state index contributed by atoms with van der Waals surface area (Å²) in [5.74, 6) is -0.347. The first-order valence-electron chi connectivity index (χ1n) is 4.83. The van der Waals surface area contributed by atoms with E-state index in [4.69, 9.17) is 9.47 Å². The summed E-state index contributed by atoms with van der Waals surface area (Å²) in [6.07, 6.45) is 6.67. The zero-order valence-corrected chi connectivity index (χ0v) is 8.54. The molecule has 0 unspecified atom stereocenters. The number of carbonyl (C=O) groups excluding carboxylic acids is 1. The van der Waals surface area contributed by atoms with Crippen LogP contribution in [0.2, 0.25) is 0 Å². The number of hydrogen-bond donors (Lipinski definition) is 0. The Hall–Kier alpha value is -1.25. The molecule has 0 atom stereocenters. The van der Waals surface area contributed by atoms with Crippen molar-refractivity contribution in [2.75, 3.05) is 13.2 Å². The molecule has 14 heavy (non-hydrogen) atoms. The molecular formula is C11H18O3. The maximum absolute atomic E-state index is 10.6. The van der Waals surface area contributed by atoms with Crippen molar-refractivity contribution in [3.8, 4) is 0 Å². The molecule has 0 aromatic heterocycles. The number of esters is 1. The average molecular weight is 198 g/mol. The van der Waals surface area contributed by atoms with Crippen LogP contribution in [0.3, 0.4) is 0 Å². The summed E-state index contributed by atoms with van der Waals surface area (Å²) in [7, 11) is 0. The molecule has 0 aliphatic carbocycles. The first-order valence-corrected chi connectivity index (χ1v) is 4.83. The fraction of sp³-hybridized carbons (Fsp3) is 0.545. The molecule has 0 N–H and O–H groups in total. The second kappa shape index (κ2) is 9.84. The Morgan fingerprint density at radius 2 is 1.71 bits per heavy atom. The molecule has 0 saturated carbocycles. The lowest BCUT2D eigenvalue weighted by molar-refractivity contribution is -0.137. The molecule has 0 heterocycles. The van der Waals surface area contributed by atoms with Crippen molar-refractivity contribution in [2.45, 2.75) is 25.7 Å². The molecule has 0 amide bonds. The summed E-state index contributed by atoms with van der Waals surface area (Å²) in [5, 5.41) is 0. The van der Waals surface area contributed by atoms with Gasteiger partial charge in [0.15, 0.2) is 0 Å². The van der Waals surface area contributed by atoms with Crippen molar-refractivity contribution in [1.29, 1.82) is 0 Å². The Morgan fingerprint density at radius 1 is 1.07 bits per heavy atom. The fourth-order valence-corrected chi connectivity index (χ4v) is 0.956.